The van der Waals surface area contributed by atoms with Gasteiger partial charge in [-0.1, -0.05) is 30.3 Å². The van der Waals surface area contributed by atoms with E-state index in [0.717, 1.165) is 31.7 Å². The maximum absolute atomic E-state index is 12.9. The van der Waals surface area contributed by atoms with Gasteiger partial charge in [-0.25, -0.2) is 0 Å². The molecule has 1 heterocycles. The molecular weight excluding hydrogens is 380 g/mol. The molecule has 6 heteroatoms. The highest BCUT2D eigenvalue weighted by molar-refractivity contribution is 5.77. The summed E-state index contributed by atoms with van der Waals surface area (Å²) in [5.41, 5.74) is 2.31. The molecule has 1 unspecified atom stereocenters. The minimum Gasteiger partial charge on any atom is -0.493 e. The number of piperazine rings is 1. The summed E-state index contributed by atoms with van der Waals surface area (Å²) in [6, 6.07) is 14.5. The zero-order valence-electron chi connectivity index (χ0n) is 18.4. The van der Waals surface area contributed by atoms with E-state index in [2.05, 4.69) is 36.1 Å². The van der Waals surface area contributed by atoms with Crippen LogP contribution in [0.5, 0.6) is 17.2 Å². The minimum absolute atomic E-state index is 0.190. The van der Waals surface area contributed by atoms with Crippen LogP contribution in [0.1, 0.15) is 24.5 Å². The Kier molecular flexibility index (Phi) is 7.57. The molecule has 2 aromatic rings. The summed E-state index contributed by atoms with van der Waals surface area (Å²) >= 11 is 0. The number of carbonyl (C=O) groups is 1. The van der Waals surface area contributed by atoms with Crippen molar-refractivity contribution < 1.29 is 19.0 Å². The fourth-order valence-electron chi connectivity index (χ4n) is 4.06. The van der Waals surface area contributed by atoms with Crippen molar-refractivity contribution in [1.29, 1.82) is 0 Å². The zero-order chi connectivity index (χ0) is 21.5. The number of hydrogen-bond acceptors (Lipinski definition) is 5. The molecule has 1 saturated heterocycles. The molecule has 1 aliphatic heterocycles. The van der Waals surface area contributed by atoms with Gasteiger partial charge in [0, 0.05) is 38.6 Å². The molecule has 6 nitrogen and oxygen atoms in total. The first-order valence-electron chi connectivity index (χ1n) is 10.4. The van der Waals surface area contributed by atoms with E-state index >= 15 is 0 Å². The van der Waals surface area contributed by atoms with Gasteiger partial charge >= 0.3 is 0 Å². The van der Waals surface area contributed by atoms with Crippen molar-refractivity contribution in [3.63, 3.8) is 0 Å². The fraction of sp³-hybridized carbons (Fsp3) is 0.458. The van der Waals surface area contributed by atoms with E-state index in [1.54, 1.807) is 21.3 Å². The molecule has 1 atom stereocenters. The second-order valence-electron chi connectivity index (χ2n) is 7.69. The summed E-state index contributed by atoms with van der Waals surface area (Å²) in [5.74, 6) is 1.98. The minimum atomic E-state index is 0.190. The van der Waals surface area contributed by atoms with Crippen LogP contribution >= 0.6 is 0 Å². The third kappa shape index (κ3) is 5.25. The van der Waals surface area contributed by atoms with E-state index in [1.807, 2.05) is 23.1 Å². The predicted octanol–water partition coefficient (Wildman–Crippen LogP) is 3.38. The number of carbonyl (C=O) groups excluding carboxylic acids is 1. The van der Waals surface area contributed by atoms with E-state index in [-0.39, 0.29) is 11.9 Å². The third-order valence-electron chi connectivity index (χ3n) is 5.63. The first-order chi connectivity index (χ1) is 14.5. The summed E-state index contributed by atoms with van der Waals surface area (Å²) in [7, 11) is 4.79. The maximum Gasteiger partial charge on any atom is 0.223 e. The first kappa shape index (κ1) is 22.0. The number of methoxy groups -OCH3 is 3. The Balaban J connectivity index is 1.56. The zero-order valence-corrected chi connectivity index (χ0v) is 18.4. The Labute approximate surface area is 179 Å². The second-order valence-corrected chi connectivity index (χ2v) is 7.69. The standard InChI is InChI=1S/C24H32N2O4/c1-18-16-25(17-19-8-6-5-7-9-19)12-13-26(18)23(27)11-10-20-14-21(28-2)24(30-4)22(15-20)29-3/h5-9,14-15,18H,10-13,16-17H2,1-4H3. The summed E-state index contributed by atoms with van der Waals surface area (Å²) < 4.78 is 16.2. The molecule has 0 N–H and O–H groups in total. The molecule has 0 bridgehead atoms. The first-order valence-corrected chi connectivity index (χ1v) is 10.4. The lowest BCUT2D eigenvalue weighted by atomic mass is 10.1. The van der Waals surface area contributed by atoms with E-state index in [4.69, 9.17) is 14.2 Å². The van der Waals surface area contributed by atoms with Crippen LogP contribution in [0, 0.1) is 0 Å². The molecule has 1 aliphatic rings. The Morgan fingerprint density at radius 3 is 2.20 bits per heavy atom. The Bertz CT molecular complexity index is 815. The van der Waals surface area contributed by atoms with Crippen LogP contribution in [-0.2, 0) is 17.8 Å². The highest BCUT2D eigenvalue weighted by atomic mass is 16.5. The number of hydrogen-bond donors (Lipinski definition) is 0. The van der Waals surface area contributed by atoms with Crippen molar-refractivity contribution in [2.45, 2.75) is 32.4 Å². The Hall–Kier alpha value is -2.73. The predicted molar refractivity (Wildman–Crippen MR) is 117 cm³/mol. The molecule has 0 radical (unpaired) electrons. The normalized spacial score (nSPS) is 16.9. The van der Waals surface area contributed by atoms with Gasteiger partial charge in [-0.15, -0.1) is 0 Å². The van der Waals surface area contributed by atoms with Gasteiger partial charge in [0.1, 0.15) is 0 Å². The van der Waals surface area contributed by atoms with Gasteiger partial charge in [-0.2, -0.15) is 0 Å². The molecular formula is C24H32N2O4. The third-order valence-corrected chi connectivity index (χ3v) is 5.63. The molecule has 162 valence electrons. The molecule has 2 aromatic carbocycles. The van der Waals surface area contributed by atoms with Crippen molar-refractivity contribution in [3.8, 4) is 17.2 Å². The topological polar surface area (TPSA) is 51.2 Å². The highest BCUT2D eigenvalue weighted by Crippen LogP contribution is 2.38. The van der Waals surface area contributed by atoms with Crippen LogP contribution in [0.2, 0.25) is 0 Å². The molecule has 30 heavy (non-hydrogen) atoms. The monoisotopic (exact) mass is 412 g/mol. The van der Waals surface area contributed by atoms with Crippen LogP contribution in [0.25, 0.3) is 0 Å². The van der Waals surface area contributed by atoms with Crippen molar-refractivity contribution in [1.82, 2.24) is 9.80 Å². The summed E-state index contributed by atoms with van der Waals surface area (Å²) in [6.45, 7) is 5.62. The molecule has 0 spiro atoms. The lowest BCUT2D eigenvalue weighted by molar-refractivity contribution is -0.135. The number of aryl methyl sites for hydroxylation is 1. The molecule has 0 aromatic heterocycles. The average molecular weight is 413 g/mol. The van der Waals surface area contributed by atoms with Gasteiger partial charge in [0.15, 0.2) is 11.5 Å². The van der Waals surface area contributed by atoms with Gasteiger partial charge in [-0.05, 0) is 36.6 Å². The lowest BCUT2D eigenvalue weighted by Gasteiger charge is -2.40. The number of rotatable bonds is 8. The Morgan fingerprint density at radius 1 is 0.967 bits per heavy atom. The van der Waals surface area contributed by atoms with Crippen molar-refractivity contribution >= 4 is 5.91 Å². The summed E-state index contributed by atoms with van der Waals surface area (Å²) in [4.78, 5) is 17.3. The van der Waals surface area contributed by atoms with Crippen LogP contribution in [-0.4, -0.2) is 62.7 Å². The molecule has 0 saturated carbocycles. The van der Waals surface area contributed by atoms with Crippen LogP contribution in [0.15, 0.2) is 42.5 Å². The summed E-state index contributed by atoms with van der Waals surface area (Å²) in [6.07, 6.45) is 1.09. The van der Waals surface area contributed by atoms with E-state index < -0.39 is 0 Å². The molecule has 1 fully saturated rings. The molecule has 3 rings (SSSR count). The van der Waals surface area contributed by atoms with Gasteiger partial charge in [-0.3, -0.25) is 9.69 Å². The average Bonchev–Trinajstić information content (AvgIpc) is 2.77. The smallest absolute Gasteiger partial charge is 0.223 e. The van der Waals surface area contributed by atoms with Gasteiger partial charge in [0.25, 0.3) is 0 Å². The highest BCUT2D eigenvalue weighted by Gasteiger charge is 2.27. The number of ether oxygens (including phenoxy) is 3. The second kappa shape index (κ2) is 10.3. The van der Waals surface area contributed by atoms with Crippen LogP contribution in [0.3, 0.4) is 0 Å². The quantitative estimate of drug-likeness (QED) is 0.665. The van der Waals surface area contributed by atoms with Gasteiger partial charge < -0.3 is 19.1 Å². The van der Waals surface area contributed by atoms with Crippen molar-refractivity contribution in [3.05, 3.63) is 53.6 Å². The van der Waals surface area contributed by atoms with E-state index in [9.17, 15) is 4.79 Å². The SMILES string of the molecule is COc1cc(CCC(=O)N2CCN(Cc3ccccc3)CC2C)cc(OC)c1OC. The van der Waals surface area contributed by atoms with Crippen molar-refractivity contribution in [2.24, 2.45) is 0 Å². The molecule has 0 aliphatic carbocycles. The van der Waals surface area contributed by atoms with E-state index in [1.165, 1.54) is 5.56 Å². The number of benzene rings is 2. The largest absolute Gasteiger partial charge is 0.493 e. The fourth-order valence-corrected chi connectivity index (χ4v) is 4.06. The van der Waals surface area contributed by atoms with Crippen molar-refractivity contribution in [2.75, 3.05) is 41.0 Å². The van der Waals surface area contributed by atoms with Gasteiger partial charge in [0.05, 0.1) is 21.3 Å². The van der Waals surface area contributed by atoms with E-state index in [0.29, 0.717) is 30.1 Å². The Morgan fingerprint density at radius 2 is 1.63 bits per heavy atom. The van der Waals surface area contributed by atoms with Gasteiger partial charge in [0.2, 0.25) is 11.7 Å². The number of amides is 1. The number of nitrogens with zero attached hydrogens (tertiary/aromatic N) is 2. The lowest BCUT2D eigenvalue weighted by Crippen LogP contribution is -2.53. The summed E-state index contributed by atoms with van der Waals surface area (Å²) in [5, 5.41) is 0. The maximum atomic E-state index is 12.9. The van der Waals surface area contributed by atoms with Crippen LogP contribution < -0.4 is 14.2 Å². The van der Waals surface area contributed by atoms with Crippen LogP contribution in [0.4, 0.5) is 0 Å². The molecule has 1 amide bonds.